The number of hydrogen-bond donors (Lipinski definition) is 0. The molecule has 0 atom stereocenters. The average Bonchev–Trinajstić information content (AvgIpc) is 0.811. The smallest absolute Gasteiger partial charge is 1.00 e. The van der Waals surface area contributed by atoms with Crippen LogP contribution in [0.2, 0.25) is 0 Å². The van der Waals surface area contributed by atoms with Gasteiger partial charge in [-0.25, -0.2) is 0 Å². The summed E-state index contributed by atoms with van der Waals surface area (Å²) in [5, 5.41) is 0. The Balaban J connectivity index is -0.0000000450. The Kier molecular flexibility index (Phi) is 24.9. The van der Waals surface area contributed by atoms with Crippen molar-refractivity contribution in [3.05, 3.63) is 0 Å². The van der Waals surface area contributed by atoms with Crippen LogP contribution in [0.4, 0.5) is 0 Å². The topological polar surface area (TPSA) is 17.1 Å². The van der Waals surface area contributed by atoms with Crippen LogP contribution in [-0.4, -0.2) is 43.5 Å². The van der Waals surface area contributed by atoms with E-state index in [-0.39, 0.29) is 55.9 Å². The third kappa shape index (κ3) is 62.5. The van der Waals surface area contributed by atoms with E-state index in [1.807, 2.05) is 0 Å². The maximum atomic E-state index is 9.44. The monoisotopic (exact) mass is 133 g/mol. The molecule has 0 aromatic rings. The van der Waals surface area contributed by atoms with Crippen molar-refractivity contribution in [2.75, 3.05) is 0 Å². The third-order valence-electron chi connectivity index (χ3n) is 0. The van der Waals surface area contributed by atoms with Crippen LogP contribution >= 0.6 is 0 Å². The maximum Gasteiger partial charge on any atom is 2.00 e. The minimum Gasteiger partial charge on any atom is -1.00 e. The number of carbonyl (C=O) groups is 1. The second-order valence-corrected chi connectivity index (χ2v) is 0.908. The average molecular weight is 134 g/mol. The Morgan fingerprint density at radius 1 is 1.33 bits per heavy atom. The third-order valence-corrected chi connectivity index (χ3v) is 0. The number of rotatable bonds is 0. The van der Waals surface area contributed by atoms with Crippen molar-refractivity contribution in [1.29, 1.82) is 0 Å². The van der Waals surface area contributed by atoms with Crippen LogP contribution < -0.4 is 12.4 Å². The Hall–Kier alpha value is 1.22. The first-order valence-corrected chi connectivity index (χ1v) is 1.20. The van der Waals surface area contributed by atoms with E-state index in [4.69, 9.17) is 0 Å². The molecule has 0 unspecified atom stereocenters. The van der Waals surface area contributed by atoms with E-state index in [2.05, 4.69) is 0 Å². The van der Waals surface area contributed by atoms with Crippen molar-refractivity contribution in [2.24, 2.45) is 0 Å². The Morgan fingerprint density at radius 3 is 1.33 bits per heavy atom. The molecule has 0 saturated heterocycles. The maximum absolute atomic E-state index is 9.44. The molecule has 32 valence electrons. The first-order valence-electron chi connectivity index (χ1n) is 1.20. The second kappa shape index (κ2) is 9.52. The largest absolute Gasteiger partial charge is 2.00 e. The fourth-order valence-corrected chi connectivity index (χ4v) is 0. The summed E-state index contributed by atoms with van der Waals surface area (Å²) in [6.45, 7) is 3.06. The predicted octanol–water partition coefficient (Wildman–Crippen LogP) is -2.78. The predicted molar refractivity (Wildman–Crippen MR) is 22.1 cm³/mol. The van der Waals surface area contributed by atoms with E-state index in [1.165, 1.54) is 13.8 Å². The molecule has 0 aromatic carbocycles. The van der Waals surface area contributed by atoms with Crippen LogP contribution in [0.1, 0.15) is 13.8 Å². The summed E-state index contributed by atoms with van der Waals surface area (Å²) in [6.07, 6.45) is 0. The van der Waals surface area contributed by atoms with Gasteiger partial charge in [-0.3, -0.25) is 0 Å². The summed E-state index contributed by atoms with van der Waals surface area (Å²) in [5.41, 5.74) is 0. The van der Waals surface area contributed by atoms with Crippen LogP contribution in [0.5, 0.6) is 0 Å². The van der Waals surface area contributed by atoms with Gasteiger partial charge in [0.25, 0.3) is 0 Å². The van der Waals surface area contributed by atoms with Gasteiger partial charge in [-0.2, -0.15) is 0 Å². The van der Waals surface area contributed by atoms with Crippen molar-refractivity contribution in [3.8, 4) is 0 Å². The van der Waals surface area contributed by atoms with Crippen molar-refractivity contribution < 1.29 is 17.2 Å². The fraction of sp³-hybridized carbons (Fsp3) is 0.667. The molecule has 0 fully saturated rings. The summed E-state index contributed by atoms with van der Waals surface area (Å²) in [4.78, 5) is 9.44. The first kappa shape index (κ1) is 15.7. The van der Waals surface area contributed by atoms with E-state index in [0.29, 0.717) is 0 Å². The van der Waals surface area contributed by atoms with Crippen molar-refractivity contribution >= 4 is 43.5 Å². The second-order valence-electron chi connectivity index (χ2n) is 0.908. The molecule has 0 aliphatic heterocycles. The zero-order chi connectivity index (χ0) is 3.58. The standard InChI is InChI=1S/C3H6O.Ca.ClH/c1-3(2)4;;/h1-2H3;;1H/q;+2;/p-1. The number of halogens is 1. The molecule has 0 rings (SSSR count). The minimum atomic E-state index is 0. The van der Waals surface area contributed by atoms with Gasteiger partial charge in [-0.15, -0.1) is 0 Å². The van der Waals surface area contributed by atoms with Gasteiger partial charge in [0.15, 0.2) is 0 Å². The van der Waals surface area contributed by atoms with Crippen molar-refractivity contribution in [1.82, 2.24) is 0 Å². The van der Waals surface area contributed by atoms with Crippen molar-refractivity contribution in [2.45, 2.75) is 13.8 Å². The van der Waals surface area contributed by atoms with E-state index in [9.17, 15) is 4.79 Å². The molecule has 0 heterocycles. The quantitative estimate of drug-likeness (QED) is 0.327. The summed E-state index contributed by atoms with van der Waals surface area (Å²) in [5.74, 6) is 0.167. The van der Waals surface area contributed by atoms with E-state index >= 15 is 0 Å². The van der Waals surface area contributed by atoms with Crippen LogP contribution in [0.25, 0.3) is 0 Å². The van der Waals surface area contributed by atoms with Gasteiger partial charge < -0.3 is 17.2 Å². The Morgan fingerprint density at radius 2 is 1.33 bits per heavy atom. The Bertz CT molecular complexity index is 33.8. The number of carbonyl (C=O) groups excluding carboxylic acids is 1. The number of ketones is 1. The van der Waals surface area contributed by atoms with E-state index < -0.39 is 0 Å². The van der Waals surface area contributed by atoms with Crippen LogP contribution in [0, 0.1) is 0 Å². The fourth-order valence-electron chi connectivity index (χ4n) is 0. The summed E-state index contributed by atoms with van der Waals surface area (Å²) in [7, 11) is 0. The Labute approximate surface area is 73.9 Å². The molecule has 0 radical (unpaired) electrons. The van der Waals surface area contributed by atoms with E-state index in [1.54, 1.807) is 0 Å². The SMILES string of the molecule is CC(C)=O.[Ca+2].[Cl-]. The zero-order valence-corrected chi connectivity index (χ0v) is 6.96. The van der Waals surface area contributed by atoms with Crippen LogP contribution in [0.15, 0.2) is 0 Å². The summed E-state index contributed by atoms with van der Waals surface area (Å²) in [6, 6.07) is 0. The normalized spacial score (nSPS) is 4.33. The molecule has 0 spiro atoms. The van der Waals surface area contributed by atoms with Gasteiger partial charge in [0.2, 0.25) is 0 Å². The molecular weight excluding hydrogens is 128 g/mol. The molecule has 0 amide bonds. The molecule has 6 heavy (non-hydrogen) atoms. The molecule has 3 heteroatoms. The number of hydrogen-bond acceptors (Lipinski definition) is 1. The molecule has 0 saturated carbocycles. The summed E-state index contributed by atoms with van der Waals surface area (Å²) < 4.78 is 0. The van der Waals surface area contributed by atoms with Crippen LogP contribution in [0.3, 0.4) is 0 Å². The van der Waals surface area contributed by atoms with Gasteiger partial charge in [-0.05, 0) is 13.8 Å². The van der Waals surface area contributed by atoms with E-state index in [0.717, 1.165) is 0 Å². The molecule has 0 bridgehead atoms. The van der Waals surface area contributed by atoms with Crippen LogP contribution in [-0.2, 0) is 4.79 Å². The van der Waals surface area contributed by atoms with Gasteiger partial charge in [0.1, 0.15) is 5.78 Å². The molecule has 1 nitrogen and oxygen atoms in total. The van der Waals surface area contributed by atoms with Gasteiger partial charge in [0, 0.05) is 0 Å². The molecular formula is C3H6CaClO+. The molecule has 0 N–H and O–H groups in total. The summed E-state index contributed by atoms with van der Waals surface area (Å²) >= 11 is 0. The van der Waals surface area contributed by atoms with Gasteiger partial charge in [0.05, 0.1) is 0 Å². The molecule has 0 aliphatic carbocycles. The minimum absolute atomic E-state index is 0. The zero-order valence-electron chi connectivity index (χ0n) is 3.99. The first-order chi connectivity index (χ1) is 1.73. The number of Topliss-reactive ketones (excluding diaryl/α,β-unsaturated/α-hetero) is 1. The van der Waals surface area contributed by atoms with Gasteiger partial charge in [-0.1, -0.05) is 0 Å². The molecule has 0 aliphatic rings. The molecule has 0 aromatic heterocycles. The van der Waals surface area contributed by atoms with Gasteiger partial charge >= 0.3 is 37.7 Å². The van der Waals surface area contributed by atoms with Crippen molar-refractivity contribution in [3.63, 3.8) is 0 Å².